The van der Waals surface area contributed by atoms with Crippen LogP contribution in [0.1, 0.15) is 41.0 Å². The van der Waals surface area contributed by atoms with Gasteiger partial charge in [-0.1, -0.05) is 30.3 Å². The van der Waals surface area contributed by atoms with Crippen LogP contribution in [0, 0.1) is 13.8 Å². The number of carbonyl (C=O) groups is 2. The number of nitrogens with zero attached hydrogens (tertiary/aromatic N) is 1. The molecule has 1 atom stereocenters. The topological polar surface area (TPSA) is 120 Å². The van der Waals surface area contributed by atoms with E-state index in [2.05, 4.69) is 4.98 Å². The highest BCUT2D eigenvalue weighted by Crippen LogP contribution is 2.28. The van der Waals surface area contributed by atoms with Crippen molar-refractivity contribution in [3.8, 4) is 5.75 Å². The standard InChI is InChI=1S/C26H28N2O6/c1-15-11-17(12-16(2)23(15)29)13-22(25(31)32)34-26(33)28-9-7-18(8-10-28)20-14-19-5-3-4-6-21(19)27-24(20)30/h3-6,11-12,14,18,22,29H,7-10,13H2,1-2H3,(H,27,30)(H,31,32)/t22-/m1/s1. The highest BCUT2D eigenvalue weighted by Gasteiger charge is 2.30. The summed E-state index contributed by atoms with van der Waals surface area (Å²) < 4.78 is 5.34. The fraction of sp³-hybridized carbons (Fsp3) is 0.346. The van der Waals surface area contributed by atoms with Crippen LogP contribution in [0.5, 0.6) is 5.75 Å². The number of fused-ring (bicyclic) bond motifs is 1. The molecule has 1 aliphatic rings. The predicted octanol–water partition coefficient (Wildman–Crippen LogP) is 3.86. The molecule has 0 spiro atoms. The molecular formula is C26H28N2O6. The Morgan fingerprint density at radius 1 is 1.12 bits per heavy atom. The Kier molecular flexibility index (Phi) is 6.58. The molecule has 8 heteroatoms. The van der Waals surface area contributed by atoms with Crippen LogP contribution >= 0.6 is 0 Å². The molecule has 3 N–H and O–H groups in total. The number of hydrogen-bond donors (Lipinski definition) is 3. The van der Waals surface area contributed by atoms with Gasteiger partial charge in [0.05, 0.1) is 0 Å². The fourth-order valence-corrected chi connectivity index (χ4v) is 4.59. The first-order valence-corrected chi connectivity index (χ1v) is 11.3. The molecular weight excluding hydrogens is 436 g/mol. The SMILES string of the molecule is Cc1cc(C[C@@H](OC(=O)N2CCC(c3cc4ccccc4[nH]c3=O)CC2)C(=O)O)cc(C)c1O. The number of phenols is 1. The minimum atomic E-state index is -1.34. The monoisotopic (exact) mass is 464 g/mol. The number of aliphatic carboxylic acids is 1. The number of rotatable bonds is 5. The maximum atomic E-state index is 12.7. The van der Waals surface area contributed by atoms with Crippen molar-refractivity contribution in [2.24, 2.45) is 0 Å². The van der Waals surface area contributed by atoms with Gasteiger partial charge in [-0.25, -0.2) is 9.59 Å². The van der Waals surface area contributed by atoms with Crippen molar-refractivity contribution in [2.75, 3.05) is 13.1 Å². The van der Waals surface area contributed by atoms with E-state index in [0.29, 0.717) is 48.2 Å². The van der Waals surface area contributed by atoms with Crippen molar-refractivity contribution in [3.63, 3.8) is 0 Å². The number of aryl methyl sites for hydroxylation is 2. The number of para-hydroxylation sites is 1. The molecule has 0 bridgehead atoms. The van der Waals surface area contributed by atoms with E-state index in [1.54, 1.807) is 26.0 Å². The number of amides is 1. The maximum absolute atomic E-state index is 12.7. The zero-order valence-electron chi connectivity index (χ0n) is 19.2. The molecule has 0 unspecified atom stereocenters. The number of benzene rings is 2. The van der Waals surface area contributed by atoms with Gasteiger partial charge in [-0.3, -0.25) is 4.79 Å². The van der Waals surface area contributed by atoms with Crippen LogP contribution in [0.15, 0.2) is 47.3 Å². The van der Waals surface area contributed by atoms with Gasteiger partial charge >= 0.3 is 12.1 Å². The van der Waals surface area contributed by atoms with Crippen LogP contribution in [0.3, 0.4) is 0 Å². The Morgan fingerprint density at radius 2 is 1.76 bits per heavy atom. The van der Waals surface area contributed by atoms with Gasteiger partial charge in [-0.15, -0.1) is 0 Å². The van der Waals surface area contributed by atoms with Crippen LogP contribution in [0.25, 0.3) is 10.9 Å². The number of hydrogen-bond acceptors (Lipinski definition) is 5. The van der Waals surface area contributed by atoms with E-state index < -0.39 is 18.2 Å². The molecule has 3 aromatic rings. The lowest BCUT2D eigenvalue weighted by Crippen LogP contribution is -2.42. The number of carboxylic acid groups (broad SMARTS) is 1. The Morgan fingerprint density at radius 3 is 2.41 bits per heavy atom. The lowest BCUT2D eigenvalue weighted by molar-refractivity contribution is -0.147. The van der Waals surface area contributed by atoms with Crippen molar-refractivity contribution in [1.82, 2.24) is 9.88 Å². The number of H-pyrrole nitrogens is 1. The number of aromatic nitrogens is 1. The van der Waals surface area contributed by atoms with Gasteiger partial charge in [0.15, 0.2) is 0 Å². The lowest BCUT2D eigenvalue weighted by atomic mass is 9.89. The van der Waals surface area contributed by atoms with Crippen molar-refractivity contribution < 1.29 is 24.5 Å². The molecule has 1 amide bonds. The minimum Gasteiger partial charge on any atom is -0.507 e. The number of phenolic OH excluding ortho intramolecular Hbond substituents is 1. The molecule has 34 heavy (non-hydrogen) atoms. The van der Waals surface area contributed by atoms with E-state index >= 15 is 0 Å². The zero-order chi connectivity index (χ0) is 24.4. The van der Waals surface area contributed by atoms with Gasteiger partial charge in [0.25, 0.3) is 5.56 Å². The number of aromatic amines is 1. The second kappa shape index (κ2) is 9.59. The van der Waals surface area contributed by atoms with Gasteiger partial charge in [-0.2, -0.15) is 0 Å². The number of carbonyl (C=O) groups excluding carboxylic acids is 1. The molecule has 0 radical (unpaired) electrons. The largest absolute Gasteiger partial charge is 0.507 e. The Bertz CT molecular complexity index is 1270. The number of pyridine rings is 1. The molecule has 4 rings (SSSR count). The summed E-state index contributed by atoms with van der Waals surface area (Å²) in [5.74, 6) is -1.05. The van der Waals surface area contributed by atoms with Crippen LogP contribution in [-0.2, 0) is 16.0 Å². The third-order valence-corrected chi connectivity index (χ3v) is 6.47. The summed E-state index contributed by atoms with van der Waals surface area (Å²) in [7, 11) is 0. The summed E-state index contributed by atoms with van der Waals surface area (Å²) in [6, 6.07) is 12.9. The van der Waals surface area contributed by atoms with E-state index in [0.717, 1.165) is 10.9 Å². The van der Waals surface area contributed by atoms with Crippen LogP contribution in [-0.4, -0.2) is 51.4 Å². The Hall–Kier alpha value is -3.81. The normalized spacial score (nSPS) is 15.3. The first-order chi connectivity index (χ1) is 16.2. The first kappa shape index (κ1) is 23.4. The van der Waals surface area contributed by atoms with Crippen molar-refractivity contribution in [2.45, 2.75) is 45.1 Å². The van der Waals surface area contributed by atoms with Gasteiger partial charge in [0.2, 0.25) is 6.10 Å². The average molecular weight is 465 g/mol. The fourth-order valence-electron chi connectivity index (χ4n) is 4.59. The summed E-state index contributed by atoms with van der Waals surface area (Å²) in [5.41, 5.74) is 3.31. The molecule has 1 aliphatic heterocycles. The van der Waals surface area contributed by atoms with Crippen LogP contribution < -0.4 is 5.56 Å². The Balaban J connectivity index is 1.40. The highest BCUT2D eigenvalue weighted by atomic mass is 16.6. The number of carboxylic acids is 1. The Labute approximate surface area is 196 Å². The van der Waals surface area contributed by atoms with Crippen LogP contribution in [0.4, 0.5) is 4.79 Å². The van der Waals surface area contributed by atoms with E-state index in [9.17, 15) is 24.6 Å². The molecule has 1 fully saturated rings. The zero-order valence-corrected chi connectivity index (χ0v) is 19.2. The second-order valence-corrected chi connectivity index (χ2v) is 8.90. The van der Waals surface area contributed by atoms with Crippen molar-refractivity contribution >= 4 is 23.0 Å². The molecule has 178 valence electrons. The first-order valence-electron chi connectivity index (χ1n) is 11.3. The highest BCUT2D eigenvalue weighted by molar-refractivity contribution is 5.79. The van der Waals surface area contributed by atoms with Gasteiger partial charge in [-0.05, 0) is 66.8 Å². The number of aromatic hydroxyl groups is 1. The molecule has 2 heterocycles. The summed E-state index contributed by atoms with van der Waals surface area (Å²) in [6.07, 6.45) is -0.830. The third-order valence-electron chi connectivity index (χ3n) is 6.47. The maximum Gasteiger partial charge on any atom is 0.410 e. The quantitative estimate of drug-likeness (QED) is 0.527. The molecule has 1 aromatic heterocycles. The van der Waals surface area contributed by atoms with E-state index in [1.165, 1.54) is 4.90 Å². The number of likely N-dealkylation sites (tertiary alicyclic amines) is 1. The number of nitrogens with one attached hydrogen (secondary N) is 1. The molecule has 0 aliphatic carbocycles. The predicted molar refractivity (Wildman–Crippen MR) is 127 cm³/mol. The van der Waals surface area contributed by atoms with Crippen LogP contribution in [0.2, 0.25) is 0 Å². The molecule has 1 saturated heterocycles. The molecule has 8 nitrogen and oxygen atoms in total. The van der Waals surface area contributed by atoms with Gasteiger partial charge < -0.3 is 24.8 Å². The van der Waals surface area contributed by atoms with Crippen molar-refractivity contribution in [3.05, 3.63) is 75.1 Å². The minimum absolute atomic E-state index is 0.00592. The second-order valence-electron chi connectivity index (χ2n) is 8.90. The smallest absolute Gasteiger partial charge is 0.410 e. The van der Waals surface area contributed by atoms with Crippen molar-refractivity contribution in [1.29, 1.82) is 0 Å². The van der Waals surface area contributed by atoms with E-state index in [1.807, 2.05) is 30.3 Å². The average Bonchev–Trinajstić information content (AvgIpc) is 2.81. The van der Waals surface area contributed by atoms with E-state index in [4.69, 9.17) is 4.74 Å². The number of piperidine rings is 1. The number of ether oxygens (including phenoxy) is 1. The van der Waals surface area contributed by atoms with Gasteiger partial charge in [0.1, 0.15) is 5.75 Å². The molecule has 0 saturated carbocycles. The third kappa shape index (κ3) is 4.90. The lowest BCUT2D eigenvalue weighted by Gasteiger charge is -2.32. The summed E-state index contributed by atoms with van der Waals surface area (Å²) in [6.45, 7) is 4.22. The summed E-state index contributed by atoms with van der Waals surface area (Å²) in [5, 5.41) is 20.5. The van der Waals surface area contributed by atoms with E-state index in [-0.39, 0.29) is 23.6 Å². The summed E-state index contributed by atoms with van der Waals surface area (Å²) in [4.78, 5) is 41.5. The summed E-state index contributed by atoms with van der Waals surface area (Å²) >= 11 is 0. The molecule has 2 aromatic carbocycles. The van der Waals surface area contributed by atoms with Gasteiger partial charge in [0, 0.05) is 30.6 Å².